The zero-order chi connectivity index (χ0) is 18.7. The second-order valence-corrected chi connectivity index (χ2v) is 7.43. The van der Waals surface area contributed by atoms with Gasteiger partial charge < -0.3 is 14.2 Å². The predicted molar refractivity (Wildman–Crippen MR) is 110 cm³/mol. The van der Waals surface area contributed by atoms with Crippen molar-refractivity contribution in [2.45, 2.75) is 26.8 Å². The molecule has 1 atom stereocenters. The molecule has 0 spiro atoms. The van der Waals surface area contributed by atoms with Crippen molar-refractivity contribution in [1.29, 1.82) is 0 Å². The molecule has 0 bridgehead atoms. The molecule has 0 radical (unpaired) electrons. The maximum absolute atomic E-state index is 6.29. The third-order valence-corrected chi connectivity index (χ3v) is 5.59. The summed E-state index contributed by atoms with van der Waals surface area (Å²) in [5.41, 5.74) is 5.96. The molecule has 1 aliphatic heterocycles. The molecule has 1 aromatic carbocycles. The number of fused-ring (bicyclic) bond motifs is 4. The molecule has 0 saturated heterocycles. The molecule has 4 heterocycles. The summed E-state index contributed by atoms with van der Waals surface area (Å²) in [6, 6.07) is 12.9. The van der Waals surface area contributed by atoms with Crippen LogP contribution in [0.3, 0.4) is 0 Å². The van der Waals surface area contributed by atoms with E-state index in [1.165, 1.54) is 5.56 Å². The van der Waals surface area contributed by atoms with Crippen molar-refractivity contribution in [1.82, 2.24) is 9.97 Å². The quantitative estimate of drug-likeness (QED) is 0.481. The number of rotatable bonds is 1. The summed E-state index contributed by atoms with van der Waals surface area (Å²) in [7, 11) is 2.11. The van der Waals surface area contributed by atoms with Crippen LogP contribution in [0.2, 0.25) is 0 Å². The number of aromatic nitrogens is 2. The van der Waals surface area contributed by atoms with Gasteiger partial charge in [-0.15, -0.1) is 0 Å². The van der Waals surface area contributed by atoms with Crippen LogP contribution in [-0.2, 0) is 0 Å². The van der Waals surface area contributed by atoms with Crippen LogP contribution < -0.4 is 9.80 Å². The first-order valence-corrected chi connectivity index (χ1v) is 9.29. The van der Waals surface area contributed by atoms with Crippen LogP contribution in [0.1, 0.15) is 18.2 Å². The van der Waals surface area contributed by atoms with Crippen LogP contribution in [0.4, 0.5) is 17.2 Å². The second kappa shape index (κ2) is 5.71. The molecule has 5 heteroatoms. The van der Waals surface area contributed by atoms with Gasteiger partial charge >= 0.3 is 0 Å². The van der Waals surface area contributed by atoms with Gasteiger partial charge in [-0.1, -0.05) is 12.1 Å². The Bertz CT molecular complexity index is 1180. The van der Waals surface area contributed by atoms with E-state index in [4.69, 9.17) is 4.42 Å². The molecule has 0 fully saturated rings. The minimum Gasteiger partial charge on any atom is -0.435 e. The monoisotopic (exact) mass is 358 g/mol. The Labute approximate surface area is 158 Å². The lowest BCUT2D eigenvalue weighted by Crippen LogP contribution is -2.44. The molecule has 0 aliphatic carbocycles. The van der Waals surface area contributed by atoms with Gasteiger partial charge in [0.15, 0.2) is 11.4 Å². The van der Waals surface area contributed by atoms with Gasteiger partial charge in [0, 0.05) is 42.3 Å². The lowest BCUT2D eigenvalue weighted by molar-refractivity contribution is 0.635. The maximum Gasteiger partial charge on any atom is 0.227 e. The van der Waals surface area contributed by atoms with Crippen molar-refractivity contribution >= 4 is 39.3 Å². The van der Waals surface area contributed by atoms with Crippen LogP contribution in [0, 0.1) is 13.8 Å². The Kier molecular flexibility index (Phi) is 3.41. The van der Waals surface area contributed by atoms with E-state index in [1.807, 2.05) is 25.3 Å². The van der Waals surface area contributed by atoms with Crippen molar-refractivity contribution < 1.29 is 4.42 Å². The minimum atomic E-state index is 0.340. The van der Waals surface area contributed by atoms with E-state index < -0.39 is 0 Å². The van der Waals surface area contributed by atoms with E-state index in [-0.39, 0.29) is 0 Å². The molecule has 4 aromatic rings. The van der Waals surface area contributed by atoms with Crippen LogP contribution in [0.25, 0.3) is 22.1 Å². The average molecular weight is 358 g/mol. The van der Waals surface area contributed by atoms with E-state index in [0.717, 1.165) is 45.8 Å². The number of hydrogen-bond donors (Lipinski definition) is 0. The number of likely N-dealkylation sites (N-methyl/N-ethyl adjacent to an activating group) is 1. The van der Waals surface area contributed by atoms with Gasteiger partial charge in [-0.3, -0.25) is 0 Å². The van der Waals surface area contributed by atoms with Crippen molar-refractivity contribution in [3.8, 4) is 0 Å². The number of furan rings is 1. The average Bonchev–Trinajstić information content (AvgIpc) is 3.02. The summed E-state index contributed by atoms with van der Waals surface area (Å²) in [6.45, 7) is 7.23. The molecule has 136 valence electrons. The predicted octanol–water partition coefficient (Wildman–Crippen LogP) is 4.97. The van der Waals surface area contributed by atoms with Gasteiger partial charge in [-0.2, -0.15) is 0 Å². The van der Waals surface area contributed by atoms with E-state index in [0.29, 0.717) is 11.8 Å². The molecular weight excluding hydrogens is 336 g/mol. The highest BCUT2D eigenvalue weighted by Crippen LogP contribution is 2.43. The molecule has 5 nitrogen and oxygen atoms in total. The zero-order valence-corrected chi connectivity index (χ0v) is 16.0. The lowest BCUT2D eigenvalue weighted by Gasteiger charge is -2.40. The smallest absolute Gasteiger partial charge is 0.227 e. The second-order valence-electron chi connectivity index (χ2n) is 7.43. The SMILES string of the molecule is Cc1ccc2c(n1)oc1c(N3C[C@H](C)N(C)c4ncccc43)c(C)ccc12. The summed E-state index contributed by atoms with van der Waals surface area (Å²) in [4.78, 5) is 13.8. The van der Waals surface area contributed by atoms with Gasteiger partial charge in [0.25, 0.3) is 0 Å². The van der Waals surface area contributed by atoms with Crippen LogP contribution in [0.15, 0.2) is 47.0 Å². The number of aryl methyl sites for hydroxylation is 2. The topological polar surface area (TPSA) is 45.4 Å². The van der Waals surface area contributed by atoms with Gasteiger partial charge in [-0.25, -0.2) is 9.97 Å². The number of nitrogens with zero attached hydrogens (tertiary/aromatic N) is 4. The number of hydrogen-bond acceptors (Lipinski definition) is 5. The highest BCUT2D eigenvalue weighted by Gasteiger charge is 2.30. The highest BCUT2D eigenvalue weighted by molar-refractivity contribution is 6.09. The fourth-order valence-corrected chi connectivity index (χ4v) is 4.01. The molecule has 0 saturated carbocycles. The Balaban J connectivity index is 1.81. The molecule has 5 rings (SSSR count). The van der Waals surface area contributed by atoms with Gasteiger partial charge in [0.05, 0.1) is 11.4 Å². The van der Waals surface area contributed by atoms with E-state index in [9.17, 15) is 0 Å². The number of benzene rings is 1. The Morgan fingerprint density at radius 2 is 1.89 bits per heavy atom. The normalized spacial score (nSPS) is 17.0. The summed E-state index contributed by atoms with van der Waals surface area (Å²) in [5, 5.41) is 2.17. The third kappa shape index (κ3) is 2.31. The molecule has 1 aliphatic rings. The van der Waals surface area contributed by atoms with Crippen LogP contribution in [0.5, 0.6) is 0 Å². The standard InChI is InChI=1S/C22H22N4O/c1-13-7-9-16-17-10-8-14(2)24-22(17)27-20(16)19(13)26-12-15(3)25(4)21-18(26)6-5-11-23-21/h5-11,15H,12H2,1-4H3/t15-/m0/s1. The van der Waals surface area contributed by atoms with Crippen molar-refractivity contribution in [2.75, 3.05) is 23.4 Å². The van der Waals surface area contributed by atoms with E-state index >= 15 is 0 Å². The molecule has 0 amide bonds. The third-order valence-electron chi connectivity index (χ3n) is 5.59. The fourth-order valence-electron chi connectivity index (χ4n) is 4.01. The summed E-state index contributed by atoms with van der Waals surface area (Å²) < 4.78 is 6.29. The zero-order valence-electron chi connectivity index (χ0n) is 16.0. The molecule has 0 N–H and O–H groups in total. The summed E-state index contributed by atoms with van der Waals surface area (Å²) in [5.74, 6) is 0.998. The molecule has 0 unspecified atom stereocenters. The first kappa shape index (κ1) is 16.1. The Morgan fingerprint density at radius 1 is 1.07 bits per heavy atom. The van der Waals surface area contributed by atoms with Gasteiger partial charge in [0.1, 0.15) is 0 Å². The van der Waals surface area contributed by atoms with Crippen molar-refractivity contribution in [3.05, 3.63) is 53.9 Å². The van der Waals surface area contributed by atoms with Crippen LogP contribution in [-0.4, -0.2) is 29.6 Å². The maximum atomic E-state index is 6.29. The van der Waals surface area contributed by atoms with Crippen molar-refractivity contribution in [3.63, 3.8) is 0 Å². The number of anilines is 3. The Morgan fingerprint density at radius 3 is 2.74 bits per heavy atom. The summed E-state index contributed by atoms with van der Waals surface area (Å²) in [6.07, 6.45) is 1.85. The van der Waals surface area contributed by atoms with E-state index in [1.54, 1.807) is 0 Å². The summed E-state index contributed by atoms with van der Waals surface area (Å²) >= 11 is 0. The largest absolute Gasteiger partial charge is 0.435 e. The lowest BCUT2D eigenvalue weighted by atomic mass is 10.0. The van der Waals surface area contributed by atoms with Gasteiger partial charge in [0.2, 0.25) is 5.71 Å². The van der Waals surface area contributed by atoms with Crippen LogP contribution >= 0.6 is 0 Å². The first-order chi connectivity index (χ1) is 13.0. The molecular formula is C22H22N4O. The highest BCUT2D eigenvalue weighted by atomic mass is 16.3. The Hall–Kier alpha value is -3.08. The first-order valence-electron chi connectivity index (χ1n) is 9.29. The molecule has 3 aromatic heterocycles. The fraction of sp³-hybridized carbons (Fsp3) is 0.273. The minimum absolute atomic E-state index is 0.340. The van der Waals surface area contributed by atoms with Crippen molar-refractivity contribution in [2.24, 2.45) is 0 Å². The number of pyridine rings is 2. The molecule has 27 heavy (non-hydrogen) atoms. The van der Waals surface area contributed by atoms with E-state index in [2.05, 4.69) is 64.9 Å². The van der Waals surface area contributed by atoms with Gasteiger partial charge in [-0.05, 0) is 50.6 Å².